The summed E-state index contributed by atoms with van der Waals surface area (Å²) in [5.74, 6) is 0.523. The first-order valence-electron chi connectivity index (χ1n) is 9.65. The molecule has 1 aliphatic rings. The summed E-state index contributed by atoms with van der Waals surface area (Å²) < 4.78 is 1.76. The summed E-state index contributed by atoms with van der Waals surface area (Å²) >= 11 is 0. The van der Waals surface area contributed by atoms with E-state index in [4.69, 9.17) is 0 Å². The number of pyridine rings is 1. The van der Waals surface area contributed by atoms with Gasteiger partial charge >= 0.3 is 0 Å². The third kappa shape index (κ3) is 4.08. The Morgan fingerprint density at radius 1 is 1.07 bits per heavy atom. The Bertz CT molecular complexity index is 883. The number of amides is 1. The lowest BCUT2D eigenvalue weighted by Gasteiger charge is -2.21. The van der Waals surface area contributed by atoms with Gasteiger partial charge in [-0.15, -0.1) is 0 Å². The van der Waals surface area contributed by atoms with Crippen LogP contribution < -0.4 is 5.32 Å². The molecule has 0 radical (unpaired) electrons. The maximum Gasteiger partial charge on any atom is 0.255 e. The van der Waals surface area contributed by atoms with Crippen LogP contribution in [0, 0.1) is 5.92 Å². The minimum absolute atomic E-state index is 0.0680. The highest BCUT2D eigenvalue weighted by Crippen LogP contribution is 2.25. The molecule has 0 unspecified atom stereocenters. The minimum atomic E-state index is -0.0680. The molecule has 0 aliphatic heterocycles. The third-order valence-electron chi connectivity index (χ3n) is 5.19. The molecule has 2 aromatic heterocycles. The standard InChI is InChI=1S/C22H24N4O/c27-22(24-14-17-8-3-1-4-9-17)20-16-26(19-11-5-2-6-12-19)25-21(20)18-10-7-13-23-15-18/h2,5-7,10-13,15-17H,1,3-4,8-9,14H2,(H,24,27). The van der Waals surface area contributed by atoms with Crippen LogP contribution in [0.15, 0.2) is 61.1 Å². The van der Waals surface area contributed by atoms with Gasteiger partial charge in [0.1, 0.15) is 5.69 Å². The number of hydrogen-bond acceptors (Lipinski definition) is 3. The lowest BCUT2D eigenvalue weighted by atomic mass is 9.89. The van der Waals surface area contributed by atoms with E-state index in [9.17, 15) is 4.79 Å². The van der Waals surface area contributed by atoms with E-state index in [0.29, 0.717) is 17.2 Å². The average molecular weight is 360 g/mol. The van der Waals surface area contributed by atoms with Crippen molar-refractivity contribution in [1.29, 1.82) is 0 Å². The Kier molecular flexibility index (Phi) is 5.28. The Hall–Kier alpha value is -2.95. The van der Waals surface area contributed by atoms with Crippen molar-refractivity contribution in [3.8, 4) is 16.9 Å². The van der Waals surface area contributed by atoms with Crippen LogP contribution in [-0.2, 0) is 0 Å². The first-order chi connectivity index (χ1) is 13.3. The summed E-state index contributed by atoms with van der Waals surface area (Å²) in [4.78, 5) is 17.1. The largest absolute Gasteiger partial charge is 0.352 e. The summed E-state index contributed by atoms with van der Waals surface area (Å²) in [6.45, 7) is 0.738. The van der Waals surface area contributed by atoms with Gasteiger partial charge in [-0.3, -0.25) is 9.78 Å². The van der Waals surface area contributed by atoms with E-state index in [1.165, 1.54) is 32.1 Å². The highest BCUT2D eigenvalue weighted by molar-refractivity contribution is 5.99. The zero-order chi connectivity index (χ0) is 18.5. The number of para-hydroxylation sites is 1. The van der Waals surface area contributed by atoms with Crippen LogP contribution in [0.3, 0.4) is 0 Å². The summed E-state index contributed by atoms with van der Waals surface area (Å²) in [5.41, 5.74) is 3.01. The first kappa shape index (κ1) is 17.5. The molecule has 5 heteroatoms. The molecule has 1 N–H and O–H groups in total. The number of nitrogens with one attached hydrogen (secondary N) is 1. The Balaban J connectivity index is 1.61. The van der Waals surface area contributed by atoms with E-state index >= 15 is 0 Å². The van der Waals surface area contributed by atoms with Crippen molar-refractivity contribution in [3.05, 3.63) is 66.6 Å². The van der Waals surface area contributed by atoms with Gasteiger partial charge in [-0.05, 0) is 43.0 Å². The second-order valence-corrected chi connectivity index (χ2v) is 7.13. The second kappa shape index (κ2) is 8.16. The predicted octanol–water partition coefficient (Wildman–Crippen LogP) is 4.24. The maximum absolute atomic E-state index is 12.9. The molecular weight excluding hydrogens is 336 g/mol. The van der Waals surface area contributed by atoms with E-state index in [0.717, 1.165) is 17.8 Å². The predicted molar refractivity (Wildman–Crippen MR) is 106 cm³/mol. The lowest BCUT2D eigenvalue weighted by molar-refractivity contribution is 0.0944. The molecule has 1 amide bonds. The molecule has 5 nitrogen and oxygen atoms in total. The number of benzene rings is 1. The van der Waals surface area contributed by atoms with Crippen molar-refractivity contribution in [1.82, 2.24) is 20.1 Å². The molecule has 1 saturated carbocycles. The van der Waals surface area contributed by atoms with Gasteiger partial charge in [0.15, 0.2) is 0 Å². The van der Waals surface area contributed by atoms with Crippen molar-refractivity contribution in [2.24, 2.45) is 5.92 Å². The fourth-order valence-electron chi connectivity index (χ4n) is 3.69. The topological polar surface area (TPSA) is 59.8 Å². The third-order valence-corrected chi connectivity index (χ3v) is 5.19. The monoisotopic (exact) mass is 360 g/mol. The molecule has 0 spiro atoms. The van der Waals surface area contributed by atoms with Gasteiger partial charge in [0.05, 0.1) is 11.3 Å². The van der Waals surface area contributed by atoms with E-state index in [2.05, 4.69) is 15.4 Å². The molecule has 0 atom stereocenters. The number of rotatable bonds is 5. The van der Waals surface area contributed by atoms with Gasteiger partial charge in [-0.25, -0.2) is 4.68 Å². The van der Waals surface area contributed by atoms with Gasteiger partial charge < -0.3 is 5.32 Å². The van der Waals surface area contributed by atoms with E-state index in [1.54, 1.807) is 17.1 Å². The molecule has 27 heavy (non-hydrogen) atoms. The summed E-state index contributed by atoms with van der Waals surface area (Å²) in [7, 11) is 0. The number of carbonyl (C=O) groups is 1. The minimum Gasteiger partial charge on any atom is -0.352 e. The summed E-state index contributed by atoms with van der Waals surface area (Å²) in [5, 5.41) is 7.81. The van der Waals surface area contributed by atoms with E-state index in [-0.39, 0.29) is 5.91 Å². The summed E-state index contributed by atoms with van der Waals surface area (Å²) in [6.07, 6.45) is 11.6. The van der Waals surface area contributed by atoms with Gasteiger partial charge in [0.25, 0.3) is 5.91 Å². The van der Waals surface area contributed by atoms with Crippen molar-refractivity contribution in [2.45, 2.75) is 32.1 Å². The van der Waals surface area contributed by atoms with Crippen LogP contribution in [0.2, 0.25) is 0 Å². The molecule has 0 saturated heterocycles. The highest BCUT2D eigenvalue weighted by Gasteiger charge is 2.20. The SMILES string of the molecule is O=C(NCC1CCCCC1)c1cn(-c2ccccc2)nc1-c1cccnc1. The normalized spacial score (nSPS) is 14.8. The van der Waals surface area contributed by atoms with Crippen molar-refractivity contribution < 1.29 is 4.79 Å². The zero-order valence-electron chi connectivity index (χ0n) is 15.3. The second-order valence-electron chi connectivity index (χ2n) is 7.13. The van der Waals surface area contributed by atoms with Crippen LogP contribution in [0.25, 0.3) is 16.9 Å². The number of carbonyl (C=O) groups excluding carboxylic acids is 1. The number of nitrogens with zero attached hydrogens (tertiary/aromatic N) is 3. The quantitative estimate of drug-likeness (QED) is 0.740. The molecular formula is C22H24N4O. The van der Waals surface area contributed by atoms with Crippen LogP contribution in [0.4, 0.5) is 0 Å². The Labute approximate surface area is 159 Å². The number of hydrogen-bond donors (Lipinski definition) is 1. The smallest absolute Gasteiger partial charge is 0.255 e. The van der Waals surface area contributed by atoms with Crippen LogP contribution in [-0.4, -0.2) is 27.2 Å². The average Bonchev–Trinajstić information content (AvgIpc) is 3.20. The van der Waals surface area contributed by atoms with E-state index < -0.39 is 0 Å². The molecule has 4 rings (SSSR count). The fraction of sp³-hybridized carbons (Fsp3) is 0.318. The molecule has 1 aliphatic carbocycles. The van der Waals surface area contributed by atoms with Gasteiger partial charge in [-0.1, -0.05) is 37.5 Å². The summed E-state index contributed by atoms with van der Waals surface area (Å²) in [6, 6.07) is 13.6. The van der Waals surface area contributed by atoms with Crippen molar-refractivity contribution in [2.75, 3.05) is 6.54 Å². The van der Waals surface area contributed by atoms with Gasteiger partial charge in [0, 0.05) is 30.7 Å². The molecule has 2 heterocycles. The zero-order valence-corrected chi connectivity index (χ0v) is 15.3. The molecule has 1 aromatic carbocycles. The lowest BCUT2D eigenvalue weighted by Crippen LogP contribution is -2.30. The molecule has 3 aromatic rings. The Morgan fingerprint density at radius 2 is 1.89 bits per heavy atom. The molecule has 0 bridgehead atoms. The van der Waals surface area contributed by atoms with Crippen LogP contribution in [0.5, 0.6) is 0 Å². The number of aromatic nitrogens is 3. The molecule has 1 fully saturated rings. The van der Waals surface area contributed by atoms with Crippen LogP contribution >= 0.6 is 0 Å². The first-order valence-corrected chi connectivity index (χ1v) is 9.65. The fourth-order valence-corrected chi connectivity index (χ4v) is 3.69. The van der Waals surface area contributed by atoms with Gasteiger partial charge in [0.2, 0.25) is 0 Å². The molecule has 138 valence electrons. The van der Waals surface area contributed by atoms with E-state index in [1.807, 2.05) is 48.7 Å². The van der Waals surface area contributed by atoms with Gasteiger partial charge in [-0.2, -0.15) is 5.10 Å². The van der Waals surface area contributed by atoms with Crippen molar-refractivity contribution in [3.63, 3.8) is 0 Å². The van der Waals surface area contributed by atoms with Crippen LogP contribution in [0.1, 0.15) is 42.5 Å². The van der Waals surface area contributed by atoms with Crippen molar-refractivity contribution >= 4 is 5.91 Å². The highest BCUT2D eigenvalue weighted by atomic mass is 16.1. The Morgan fingerprint density at radius 3 is 2.63 bits per heavy atom. The maximum atomic E-state index is 12.9.